The van der Waals surface area contributed by atoms with E-state index in [9.17, 15) is 9.18 Å². The molecule has 0 spiro atoms. The van der Waals surface area contributed by atoms with Crippen molar-refractivity contribution in [1.29, 1.82) is 0 Å². The first-order valence-electron chi connectivity index (χ1n) is 6.47. The van der Waals surface area contributed by atoms with Crippen molar-refractivity contribution in [1.82, 2.24) is 5.32 Å². The van der Waals surface area contributed by atoms with E-state index in [0.29, 0.717) is 11.1 Å². The Morgan fingerprint density at radius 3 is 2.80 bits per heavy atom. The number of carbonyl (C=O) groups is 1. The zero-order chi connectivity index (χ0) is 13.9. The van der Waals surface area contributed by atoms with Crippen molar-refractivity contribution in [2.45, 2.75) is 19.7 Å². The molecule has 0 aromatic heterocycles. The minimum atomic E-state index is -0.428. The molecule has 0 atom stereocenters. The zero-order valence-corrected chi connectivity index (χ0v) is 10.9. The SMILES string of the molecule is O=C(OCc1ccccc1F)c1ccc2c(c1)CNC2. The highest BCUT2D eigenvalue weighted by atomic mass is 19.1. The number of fused-ring (bicyclic) bond motifs is 1. The molecule has 1 aliphatic rings. The molecule has 102 valence electrons. The molecule has 0 aliphatic carbocycles. The standard InChI is InChI=1S/C16H14FNO2/c17-15-4-2-1-3-13(15)10-20-16(19)11-5-6-12-8-18-9-14(12)7-11/h1-7,18H,8-10H2. The van der Waals surface area contributed by atoms with Crippen LogP contribution in [0, 0.1) is 5.82 Å². The van der Waals surface area contributed by atoms with Gasteiger partial charge in [0.15, 0.2) is 0 Å². The summed E-state index contributed by atoms with van der Waals surface area (Å²) in [6, 6.07) is 11.8. The van der Waals surface area contributed by atoms with Crippen LogP contribution in [0.25, 0.3) is 0 Å². The quantitative estimate of drug-likeness (QED) is 0.872. The molecule has 2 aromatic rings. The van der Waals surface area contributed by atoms with Gasteiger partial charge in [0.1, 0.15) is 12.4 Å². The molecule has 4 heteroatoms. The largest absolute Gasteiger partial charge is 0.457 e. The topological polar surface area (TPSA) is 38.3 Å². The van der Waals surface area contributed by atoms with E-state index in [4.69, 9.17) is 4.74 Å². The third kappa shape index (κ3) is 2.56. The Balaban J connectivity index is 1.69. The van der Waals surface area contributed by atoms with Crippen LogP contribution in [0.15, 0.2) is 42.5 Å². The molecule has 3 rings (SSSR count). The molecule has 0 amide bonds. The Morgan fingerprint density at radius 2 is 1.95 bits per heavy atom. The molecule has 1 heterocycles. The summed E-state index contributed by atoms with van der Waals surface area (Å²) >= 11 is 0. The fourth-order valence-electron chi connectivity index (χ4n) is 2.26. The predicted molar refractivity (Wildman–Crippen MR) is 72.5 cm³/mol. The summed E-state index contributed by atoms with van der Waals surface area (Å²) in [5.74, 6) is -0.790. The number of halogens is 1. The molecule has 0 radical (unpaired) electrons. The third-order valence-electron chi connectivity index (χ3n) is 3.39. The van der Waals surface area contributed by atoms with Gasteiger partial charge < -0.3 is 10.1 Å². The lowest BCUT2D eigenvalue weighted by atomic mass is 10.1. The van der Waals surface area contributed by atoms with Gasteiger partial charge in [0.05, 0.1) is 5.56 Å². The van der Waals surface area contributed by atoms with E-state index in [-0.39, 0.29) is 12.4 Å². The maximum Gasteiger partial charge on any atom is 0.338 e. The summed E-state index contributed by atoms with van der Waals surface area (Å²) in [6.07, 6.45) is 0. The fourth-order valence-corrected chi connectivity index (χ4v) is 2.26. The molecule has 3 nitrogen and oxygen atoms in total. The summed E-state index contributed by atoms with van der Waals surface area (Å²) in [4.78, 5) is 12.0. The van der Waals surface area contributed by atoms with Crippen LogP contribution < -0.4 is 5.32 Å². The Labute approximate surface area is 116 Å². The van der Waals surface area contributed by atoms with Gasteiger partial charge in [-0.1, -0.05) is 24.3 Å². The van der Waals surface area contributed by atoms with Gasteiger partial charge in [-0.2, -0.15) is 0 Å². The minimum absolute atomic E-state index is 0.0547. The van der Waals surface area contributed by atoms with Crippen molar-refractivity contribution >= 4 is 5.97 Å². The first-order valence-corrected chi connectivity index (χ1v) is 6.47. The van der Waals surface area contributed by atoms with Crippen LogP contribution in [-0.4, -0.2) is 5.97 Å². The lowest BCUT2D eigenvalue weighted by molar-refractivity contribution is 0.0469. The van der Waals surface area contributed by atoms with Gasteiger partial charge in [0.2, 0.25) is 0 Å². The fraction of sp³-hybridized carbons (Fsp3) is 0.188. The molecular formula is C16H14FNO2. The molecule has 0 bridgehead atoms. The monoisotopic (exact) mass is 271 g/mol. The molecule has 20 heavy (non-hydrogen) atoms. The van der Waals surface area contributed by atoms with E-state index in [1.165, 1.54) is 11.6 Å². The number of ether oxygens (including phenoxy) is 1. The van der Waals surface area contributed by atoms with E-state index in [0.717, 1.165) is 18.7 Å². The summed E-state index contributed by atoms with van der Waals surface area (Å²) in [7, 11) is 0. The zero-order valence-electron chi connectivity index (χ0n) is 10.9. The Morgan fingerprint density at radius 1 is 1.15 bits per heavy atom. The molecule has 2 aromatic carbocycles. The van der Waals surface area contributed by atoms with Crippen molar-refractivity contribution < 1.29 is 13.9 Å². The maximum absolute atomic E-state index is 13.4. The van der Waals surface area contributed by atoms with E-state index < -0.39 is 5.97 Å². The molecular weight excluding hydrogens is 257 g/mol. The Hall–Kier alpha value is -2.20. The Bertz CT molecular complexity index is 655. The second kappa shape index (κ2) is 5.43. The van der Waals surface area contributed by atoms with Gasteiger partial charge in [-0.15, -0.1) is 0 Å². The van der Waals surface area contributed by atoms with Crippen molar-refractivity contribution in [2.24, 2.45) is 0 Å². The van der Waals surface area contributed by atoms with E-state index in [1.807, 2.05) is 12.1 Å². The minimum Gasteiger partial charge on any atom is -0.457 e. The first-order chi connectivity index (χ1) is 9.74. The number of nitrogens with one attached hydrogen (secondary N) is 1. The highest BCUT2D eigenvalue weighted by Crippen LogP contribution is 2.18. The summed E-state index contributed by atoms with van der Waals surface area (Å²) in [5.41, 5.74) is 3.20. The Kier molecular flexibility index (Phi) is 3.48. The van der Waals surface area contributed by atoms with Crippen LogP contribution in [0.3, 0.4) is 0 Å². The van der Waals surface area contributed by atoms with Gasteiger partial charge in [-0.3, -0.25) is 0 Å². The lowest BCUT2D eigenvalue weighted by Crippen LogP contribution is -2.07. The second-order valence-electron chi connectivity index (χ2n) is 4.75. The van der Waals surface area contributed by atoms with Crippen LogP contribution in [0.5, 0.6) is 0 Å². The average molecular weight is 271 g/mol. The van der Waals surface area contributed by atoms with Crippen LogP contribution in [-0.2, 0) is 24.4 Å². The van der Waals surface area contributed by atoms with Crippen molar-refractivity contribution in [3.05, 3.63) is 70.5 Å². The molecule has 0 fully saturated rings. The molecule has 0 unspecified atom stereocenters. The van der Waals surface area contributed by atoms with Crippen molar-refractivity contribution in [3.8, 4) is 0 Å². The highest BCUT2D eigenvalue weighted by Gasteiger charge is 2.14. The number of hydrogen-bond donors (Lipinski definition) is 1. The van der Waals surface area contributed by atoms with Crippen LogP contribution in [0.1, 0.15) is 27.0 Å². The normalized spacial score (nSPS) is 13.1. The number of rotatable bonds is 3. The van der Waals surface area contributed by atoms with Crippen LogP contribution in [0.2, 0.25) is 0 Å². The van der Waals surface area contributed by atoms with Crippen molar-refractivity contribution in [3.63, 3.8) is 0 Å². The smallest absolute Gasteiger partial charge is 0.338 e. The molecule has 1 N–H and O–H groups in total. The summed E-state index contributed by atoms with van der Waals surface area (Å²) in [6.45, 7) is 1.55. The summed E-state index contributed by atoms with van der Waals surface area (Å²) < 4.78 is 18.6. The lowest BCUT2D eigenvalue weighted by Gasteiger charge is -2.07. The highest BCUT2D eigenvalue weighted by molar-refractivity contribution is 5.89. The maximum atomic E-state index is 13.4. The third-order valence-corrected chi connectivity index (χ3v) is 3.39. The number of benzene rings is 2. The van der Waals surface area contributed by atoms with Gasteiger partial charge in [0, 0.05) is 18.7 Å². The number of hydrogen-bond acceptors (Lipinski definition) is 3. The van der Waals surface area contributed by atoms with Gasteiger partial charge in [-0.25, -0.2) is 9.18 Å². The first kappa shape index (κ1) is 12.8. The van der Waals surface area contributed by atoms with Gasteiger partial charge in [0.25, 0.3) is 0 Å². The number of carbonyl (C=O) groups excluding carboxylic acids is 1. The van der Waals surface area contributed by atoms with E-state index >= 15 is 0 Å². The van der Waals surface area contributed by atoms with Gasteiger partial charge in [-0.05, 0) is 29.3 Å². The number of esters is 1. The van der Waals surface area contributed by atoms with E-state index in [1.54, 1.807) is 24.3 Å². The summed E-state index contributed by atoms with van der Waals surface area (Å²) in [5, 5.41) is 3.22. The van der Waals surface area contributed by atoms with E-state index in [2.05, 4.69) is 5.32 Å². The molecule has 0 saturated heterocycles. The van der Waals surface area contributed by atoms with Crippen LogP contribution in [0.4, 0.5) is 4.39 Å². The second-order valence-corrected chi connectivity index (χ2v) is 4.75. The average Bonchev–Trinajstić information content (AvgIpc) is 2.93. The van der Waals surface area contributed by atoms with Gasteiger partial charge >= 0.3 is 5.97 Å². The van der Waals surface area contributed by atoms with Crippen LogP contribution >= 0.6 is 0 Å². The predicted octanol–water partition coefficient (Wildman–Crippen LogP) is 2.79. The van der Waals surface area contributed by atoms with Crippen molar-refractivity contribution in [2.75, 3.05) is 0 Å². The molecule has 0 saturated carbocycles. The molecule has 1 aliphatic heterocycles.